The van der Waals surface area contributed by atoms with Crippen molar-refractivity contribution in [3.63, 3.8) is 0 Å². The molecule has 0 spiro atoms. The molecule has 0 aromatic carbocycles. The normalized spacial score (nSPS) is 17.0. The third-order valence-corrected chi connectivity index (χ3v) is 4.28. The quantitative estimate of drug-likeness (QED) is 0.838. The van der Waals surface area contributed by atoms with Crippen LogP contribution in [-0.4, -0.2) is 71.2 Å². The molecule has 0 bridgehead atoms. The monoisotopic (exact) mass is 307 g/mol. The Morgan fingerprint density at radius 3 is 2.64 bits per heavy atom. The Morgan fingerprint density at radius 2 is 2.05 bits per heavy atom. The zero-order valence-electron chi connectivity index (χ0n) is 13.5. The Morgan fingerprint density at radius 1 is 1.36 bits per heavy atom. The van der Waals surface area contributed by atoms with Crippen LogP contribution in [-0.2, 0) is 9.59 Å². The molecule has 1 aliphatic heterocycles. The average molecular weight is 307 g/mol. The van der Waals surface area contributed by atoms with Crippen LogP contribution in [0.5, 0.6) is 0 Å². The smallest absolute Gasteiger partial charge is 0.247 e. The number of nitrogens with zero attached hydrogens (tertiary/aromatic N) is 4. The van der Waals surface area contributed by atoms with E-state index in [0.29, 0.717) is 0 Å². The maximum Gasteiger partial charge on any atom is 0.247 e. The number of carbonyl (C=O) groups excluding carboxylic acids is 2. The van der Waals surface area contributed by atoms with E-state index in [0.717, 1.165) is 25.9 Å². The molecular formula is C15H25N5O2. The summed E-state index contributed by atoms with van der Waals surface area (Å²) in [6.07, 6.45) is 5.31. The Hall–Kier alpha value is -1.89. The van der Waals surface area contributed by atoms with Crippen molar-refractivity contribution in [2.45, 2.75) is 31.8 Å². The van der Waals surface area contributed by atoms with E-state index in [4.69, 9.17) is 0 Å². The van der Waals surface area contributed by atoms with Gasteiger partial charge in [-0.3, -0.25) is 14.3 Å². The van der Waals surface area contributed by atoms with Crippen molar-refractivity contribution in [3.8, 4) is 0 Å². The topological polar surface area (TPSA) is 70.5 Å². The van der Waals surface area contributed by atoms with Gasteiger partial charge in [0.25, 0.3) is 0 Å². The minimum Gasteiger partial charge on any atom is -0.341 e. The minimum atomic E-state index is -0.406. The molecule has 0 saturated carbocycles. The van der Waals surface area contributed by atoms with E-state index in [1.54, 1.807) is 42.0 Å². The summed E-state index contributed by atoms with van der Waals surface area (Å²) in [5.41, 5.74) is 0. The summed E-state index contributed by atoms with van der Waals surface area (Å²) in [6, 6.07) is 1.64. The zero-order valence-corrected chi connectivity index (χ0v) is 13.5. The van der Waals surface area contributed by atoms with E-state index in [1.165, 1.54) is 4.90 Å². The maximum atomic E-state index is 12.4. The van der Waals surface area contributed by atoms with Crippen LogP contribution in [0.2, 0.25) is 0 Å². The lowest BCUT2D eigenvalue weighted by Crippen LogP contribution is -2.48. The van der Waals surface area contributed by atoms with Crippen LogP contribution in [0, 0.1) is 0 Å². The van der Waals surface area contributed by atoms with Crippen LogP contribution in [0.15, 0.2) is 18.5 Å². The highest BCUT2D eigenvalue weighted by atomic mass is 16.2. The molecule has 1 atom stereocenters. The molecule has 2 rings (SSSR count). The van der Waals surface area contributed by atoms with Crippen LogP contribution in [0.4, 0.5) is 0 Å². The Bertz CT molecular complexity index is 496. The summed E-state index contributed by atoms with van der Waals surface area (Å²) in [4.78, 5) is 28.0. The Labute approximate surface area is 131 Å². The molecule has 1 unspecified atom stereocenters. The highest BCUT2D eigenvalue weighted by molar-refractivity contribution is 5.86. The maximum absolute atomic E-state index is 12.4. The first kappa shape index (κ1) is 16.5. The summed E-state index contributed by atoms with van der Waals surface area (Å²) in [5, 5.41) is 7.36. The molecule has 1 aromatic rings. The van der Waals surface area contributed by atoms with Gasteiger partial charge in [-0.05, 0) is 38.9 Å². The van der Waals surface area contributed by atoms with Gasteiger partial charge in [-0.2, -0.15) is 5.10 Å². The van der Waals surface area contributed by atoms with Gasteiger partial charge in [-0.15, -0.1) is 0 Å². The first-order chi connectivity index (χ1) is 10.5. The molecule has 1 aromatic heterocycles. The first-order valence-corrected chi connectivity index (χ1v) is 7.71. The molecule has 22 heavy (non-hydrogen) atoms. The number of likely N-dealkylation sites (N-methyl/N-ethyl adjacent to an activating group) is 2. The SMILES string of the molecule is CC(C(=O)N(C)CC(=O)N(C)C1CCNCC1)n1cccn1. The van der Waals surface area contributed by atoms with Crippen LogP contribution in [0.3, 0.4) is 0 Å². The number of nitrogens with one attached hydrogen (secondary N) is 1. The van der Waals surface area contributed by atoms with Gasteiger partial charge in [0.1, 0.15) is 6.04 Å². The number of hydrogen-bond acceptors (Lipinski definition) is 4. The molecule has 1 fully saturated rings. The molecule has 122 valence electrons. The van der Waals surface area contributed by atoms with Crippen molar-refractivity contribution in [2.75, 3.05) is 33.7 Å². The van der Waals surface area contributed by atoms with E-state index < -0.39 is 6.04 Å². The summed E-state index contributed by atoms with van der Waals surface area (Å²) in [6.45, 7) is 3.76. The van der Waals surface area contributed by atoms with Crippen LogP contribution < -0.4 is 5.32 Å². The van der Waals surface area contributed by atoms with E-state index in [2.05, 4.69) is 10.4 Å². The molecule has 0 aliphatic carbocycles. The summed E-state index contributed by atoms with van der Waals surface area (Å²) in [7, 11) is 3.49. The van der Waals surface area contributed by atoms with Gasteiger partial charge < -0.3 is 15.1 Å². The lowest BCUT2D eigenvalue weighted by molar-refractivity contribution is -0.141. The van der Waals surface area contributed by atoms with E-state index in [1.807, 2.05) is 7.05 Å². The Balaban J connectivity index is 1.88. The van der Waals surface area contributed by atoms with Crippen LogP contribution in [0.25, 0.3) is 0 Å². The summed E-state index contributed by atoms with van der Waals surface area (Å²) < 4.78 is 1.60. The molecular weight excluding hydrogens is 282 g/mol. The zero-order chi connectivity index (χ0) is 16.1. The third kappa shape index (κ3) is 3.85. The van der Waals surface area contributed by atoms with Crippen LogP contribution >= 0.6 is 0 Å². The second kappa shape index (κ2) is 7.40. The lowest BCUT2D eigenvalue weighted by Gasteiger charge is -2.33. The number of hydrogen-bond donors (Lipinski definition) is 1. The summed E-state index contributed by atoms with van der Waals surface area (Å²) in [5.74, 6) is -0.133. The van der Waals surface area contributed by atoms with Gasteiger partial charge in [-0.1, -0.05) is 0 Å². The molecule has 1 N–H and O–H groups in total. The second-order valence-electron chi connectivity index (χ2n) is 5.84. The fourth-order valence-corrected chi connectivity index (χ4v) is 2.73. The Kier molecular flexibility index (Phi) is 5.54. The van der Waals surface area contributed by atoms with Gasteiger partial charge in [0.05, 0.1) is 6.54 Å². The van der Waals surface area contributed by atoms with Crippen molar-refractivity contribution in [2.24, 2.45) is 0 Å². The standard InChI is InChI=1S/C15H25N5O2/c1-12(20-10-4-7-17-20)15(22)18(2)11-14(21)19(3)13-5-8-16-9-6-13/h4,7,10,12-13,16H,5-6,8-9,11H2,1-3H3. The fourth-order valence-electron chi connectivity index (χ4n) is 2.73. The van der Waals surface area contributed by atoms with Crippen molar-refractivity contribution < 1.29 is 9.59 Å². The largest absolute Gasteiger partial charge is 0.341 e. The number of carbonyl (C=O) groups is 2. The fraction of sp³-hybridized carbons (Fsp3) is 0.667. The molecule has 2 heterocycles. The predicted octanol–water partition coefficient (Wildman–Crippen LogP) is 0.113. The van der Waals surface area contributed by atoms with Crippen molar-refractivity contribution in [1.82, 2.24) is 24.9 Å². The van der Waals surface area contributed by atoms with E-state index in [-0.39, 0.29) is 24.4 Å². The highest BCUT2D eigenvalue weighted by Gasteiger charge is 2.26. The number of rotatable bonds is 5. The van der Waals surface area contributed by atoms with Gasteiger partial charge in [-0.25, -0.2) is 0 Å². The number of aromatic nitrogens is 2. The molecule has 2 amide bonds. The molecule has 1 saturated heterocycles. The third-order valence-electron chi connectivity index (χ3n) is 4.28. The number of piperidine rings is 1. The first-order valence-electron chi connectivity index (χ1n) is 7.71. The van der Waals surface area contributed by atoms with E-state index >= 15 is 0 Å². The minimum absolute atomic E-state index is 0.0181. The lowest BCUT2D eigenvalue weighted by atomic mass is 10.1. The van der Waals surface area contributed by atoms with E-state index in [9.17, 15) is 9.59 Å². The molecule has 7 heteroatoms. The van der Waals surface area contributed by atoms with Gasteiger partial charge in [0, 0.05) is 32.5 Å². The van der Waals surface area contributed by atoms with Gasteiger partial charge in [0.15, 0.2) is 0 Å². The predicted molar refractivity (Wildman–Crippen MR) is 83.2 cm³/mol. The van der Waals surface area contributed by atoms with Gasteiger partial charge in [0.2, 0.25) is 11.8 Å². The molecule has 7 nitrogen and oxygen atoms in total. The number of amides is 2. The van der Waals surface area contributed by atoms with Crippen molar-refractivity contribution >= 4 is 11.8 Å². The molecule has 0 radical (unpaired) electrons. The second-order valence-corrected chi connectivity index (χ2v) is 5.84. The average Bonchev–Trinajstić information content (AvgIpc) is 3.07. The highest BCUT2D eigenvalue weighted by Crippen LogP contribution is 2.12. The molecule has 1 aliphatic rings. The van der Waals surface area contributed by atoms with Gasteiger partial charge >= 0.3 is 0 Å². The van der Waals surface area contributed by atoms with Crippen molar-refractivity contribution in [3.05, 3.63) is 18.5 Å². The summed E-state index contributed by atoms with van der Waals surface area (Å²) >= 11 is 0. The van der Waals surface area contributed by atoms with Crippen molar-refractivity contribution in [1.29, 1.82) is 0 Å². The van der Waals surface area contributed by atoms with Crippen LogP contribution in [0.1, 0.15) is 25.8 Å².